The van der Waals surface area contributed by atoms with Gasteiger partial charge in [-0.25, -0.2) is 0 Å². The third-order valence-corrected chi connectivity index (χ3v) is 10.4. The zero-order chi connectivity index (χ0) is 29.8. The molecule has 3 aromatic carbocycles. The van der Waals surface area contributed by atoms with Crippen molar-refractivity contribution in [3.63, 3.8) is 0 Å². The third kappa shape index (κ3) is 7.01. The highest BCUT2D eigenvalue weighted by atomic mass is 35.5. The number of rotatable bonds is 10. The van der Waals surface area contributed by atoms with E-state index in [0.29, 0.717) is 16.5 Å². The molecule has 6 rings (SSSR count). The molecule has 0 radical (unpaired) electrons. The molecule has 226 valence electrons. The van der Waals surface area contributed by atoms with Crippen LogP contribution in [0.3, 0.4) is 0 Å². The second-order valence-corrected chi connectivity index (χ2v) is 13.3. The summed E-state index contributed by atoms with van der Waals surface area (Å²) in [7, 11) is 0. The van der Waals surface area contributed by atoms with E-state index in [1.54, 1.807) is 0 Å². The van der Waals surface area contributed by atoms with Crippen molar-refractivity contribution in [3.8, 4) is 0 Å². The minimum atomic E-state index is -0.397. The Labute approximate surface area is 265 Å². The summed E-state index contributed by atoms with van der Waals surface area (Å²) in [4.78, 5) is 32.1. The molecule has 1 aliphatic carbocycles. The molecule has 2 heterocycles. The summed E-state index contributed by atoms with van der Waals surface area (Å²) in [6, 6.07) is 25.8. The van der Waals surface area contributed by atoms with Crippen LogP contribution in [-0.4, -0.2) is 53.7 Å². The third-order valence-electron chi connectivity index (χ3n) is 9.70. The van der Waals surface area contributed by atoms with Crippen molar-refractivity contribution in [1.82, 2.24) is 15.1 Å². The lowest BCUT2D eigenvalue weighted by Crippen LogP contribution is -2.54. The first kappa shape index (κ1) is 30.3. The summed E-state index contributed by atoms with van der Waals surface area (Å²) in [5.74, 6) is 0.508. The van der Waals surface area contributed by atoms with E-state index in [2.05, 4.69) is 45.4 Å². The van der Waals surface area contributed by atoms with Crippen molar-refractivity contribution in [3.05, 3.63) is 106 Å². The average Bonchev–Trinajstić information content (AvgIpc) is 3.91. The highest BCUT2D eigenvalue weighted by Crippen LogP contribution is 2.41. The molecule has 2 aliphatic heterocycles. The van der Waals surface area contributed by atoms with Gasteiger partial charge in [0.2, 0.25) is 5.91 Å². The van der Waals surface area contributed by atoms with Gasteiger partial charge in [-0.2, -0.15) is 0 Å². The maximum Gasteiger partial charge on any atom is 0.223 e. The first-order valence-corrected chi connectivity index (χ1v) is 16.6. The standard InChI is InChI=1S/C36H41Cl2N3O2/c37-30-17-16-28(24-31(30)38)32(25-33(40-20-8-3-9-21-40)34(42)26-10-4-1-5-11-26)41-22-18-36(19-23-41,29-12-6-2-7-13-29)39-35(43)27-14-15-27/h1-2,4-7,10-13,16-17,24,27,32-33H,3,8-9,14-15,18-23,25H2,(H,39,43). The van der Waals surface area contributed by atoms with Crippen LogP contribution in [-0.2, 0) is 10.3 Å². The first-order valence-electron chi connectivity index (χ1n) is 15.8. The summed E-state index contributed by atoms with van der Waals surface area (Å²) in [6.45, 7) is 3.44. The number of hydrogen-bond donors (Lipinski definition) is 1. The van der Waals surface area contributed by atoms with Crippen LogP contribution < -0.4 is 5.32 Å². The largest absolute Gasteiger partial charge is 0.346 e. The number of Topliss-reactive ketones (excluding diaryl/α,β-unsaturated/α-hetero) is 1. The lowest BCUT2D eigenvalue weighted by molar-refractivity contribution is -0.125. The Bertz CT molecular complexity index is 1400. The molecule has 2 saturated heterocycles. The van der Waals surface area contributed by atoms with Gasteiger partial charge in [0.1, 0.15) is 0 Å². The summed E-state index contributed by atoms with van der Waals surface area (Å²) in [5.41, 5.74) is 2.60. The van der Waals surface area contributed by atoms with E-state index in [1.807, 2.05) is 48.5 Å². The van der Waals surface area contributed by atoms with Crippen LogP contribution in [0, 0.1) is 5.92 Å². The fourth-order valence-electron chi connectivity index (χ4n) is 7.02. The Hall–Kier alpha value is -2.70. The van der Waals surface area contributed by atoms with Gasteiger partial charge in [-0.1, -0.05) is 96.4 Å². The number of piperidine rings is 2. The summed E-state index contributed by atoms with van der Waals surface area (Å²) >= 11 is 12.9. The quantitative estimate of drug-likeness (QED) is 0.237. The number of likely N-dealkylation sites (tertiary alicyclic amines) is 2. The minimum Gasteiger partial charge on any atom is -0.346 e. The van der Waals surface area contributed by atoms with Crippen molar-refractivity contribution in [1.29, 1.82) is 0 Å². The molecule has 3 fully saturated rings. The van der Waals surface area contributed by atoms with E-state index in [-0.39, 0.29) is 29.7 Å². The van der Waals surface area contributed by atoms with E-state index >= 15 is 0 Å². The van der Waals surface area contributed by atoms with Crippen LogP contribution in [0.25, 0.3) is 0 Å². The highest BCUT2D eigenvalue weighted by molar-refractivity contribution is 6.42. The molecule has 3 aliphatic rings. The van der Waals surface area contributed by atoms with Crippen LogP contribution in [0.4, 0.5) is 0 Å². The Kier molecular flexibility index (Phi) is 9.54. The van der Waals surface area contributed by atoms with E-state index in [1.165, 1.54) is 12.0 Å². The number of benzene rings is 3. The molecule has 2 atom stereocenters. The van der Waals surface area contributed by atoms with E-state index < -0.39 is 5.54 Å². The molecule has 43 heavy (non-hydrogen) atoms. The molecule has 1 N–H and O–H groups in total. The van der Waals surface area contributed by atoms with Gasteiger partial charge in [-0.05, 0) is 81.3 Å². The first-order chi connectivity index (χ1) is 20.9. The Morgan fingerprint density at radius 1 is 0.791 bits per heavy atom. The van der Waals surface area contributed by atoms with Crippen LogP contribution in [0.2, 0.25) is 10.0 Å². The van der Waals surface area contributed by atoms with Crippen molar-refractivity contribution >= 4 is 34.9 Å². The highest BCUT2D eigenvalue weighted by Gasteiger charge is 2.43. The Morgan fingerprint density at radius 3 is 2.07 bits per heavy atom. The Balaban J connectivity index is 1.31. The number of ketones is 1. The van der Waals surface area contributed by atoms with Crippen LogP contribution in [0.1, 0.15) is 78.9 Å². The number of nitrogens with one attached hydrogen (secondary N) is 1. The Morgan fingerprint density at radius 2 is 1.44 bits per heavy atom. The number of halogens is 2. The lowest BCUT2D eigenvalue weighted by Gasteiger charge is -2.46. The SMILES string of the molecule is O=C(NC1(c2ccccc2)CCN(C(CC(C(=O)c2ccccc2)N2CCCCC2)c2ccc(Cl)c(Cl)c2)CC1)C1CC1. The summed E-state index contributed by atoms with van der Waals surface area (Å²) in [5, 5.41) is 4.55. The zero-order valence-corrected chi connectivity index (χ0v) is 26.2. The van der Waals surface area contributed by atoms with Gasteiger partial charge >= 0.3 is 0 Å². The van der Waals surface area contributed by atoms with E-state index in [4.69, 9.17) is 23.2 Å². The molecule has 0 spiro atoms. The van der Waals surface area contributed by atoms with Gasteiger partial charge in [0, 0.05) is 30.6 Å². The molecular formula is C36H41Cl2N3O2. The smallest absolute Gasteiger partial charge is 0.223 e. The van der Waals surface area contributed by atoms with Gasteiger partial charge in [0.05, 0.1) is 21.6 Å². The van der Waals surface area contributed by atoms with Crippen LogP contribution in [0.5, 0.6) is 0 Å². The normalized spacial score (nSPS) is 20.7. The average molecular weight is 619 g/mol. The molecule has 0 bridgehead atoms. The molecule has 3 aromatic rings. The maximum atomic E-state index is 14.1. The lowest BCUT2D eigenvalue weighted by atomic mass is 9.79. The fourth-order valence-corrected chi connectivity index (χ4v) is 7.32. The predicted molar refractivity (Wildman–Crippen MR) is 174 cm³/mol. The number of carbonyl (C=O) groups is 2. The van der Waals surface area contributed by atoms with Crippen molar-refractivity contribution in [2.45, 2.75) is 69.0 Å². The molecule has 0 aromatic heterocycles. The molecule has 1 amide bonds. The van der Waals surface area contributed by atoms with Gasteiger partial charge in [-0.3, -0.25) is 19.4 Å². The van der Waals surface area contributed by atoms with Crippen LogP contribution >= 0.6 is 23.2 Å². The van der Waals surface area contributed by atoms with Crippen molar-refractivity contribution in [2.24, 2.45) is 5.92 Å². The van der Waals surface area contributed by atoms with Gasteiger partial charge in [0.25, 0.3) is 0 Å². The molecule has 5 nitrogen and oxygen atoms in total. The van der Waals surface area contributed by atoms with Gasteiger partial charge < -0.3 is 5.32 Å². The van der Waals surface area contributed by atoms with E-state index in [9.17, 15) is 9.59 Å². The van der Waals surface area contributed by atoms with Gasteiger partial charge in [-0.15, -0.1) is 0 Å². The number of carbonyl (C=O) groups excluding carboxylic acids is 2. The van der Waals surface area contributed by atoms with Gasteiger partial charge in [0.15, 0.2) is 5.78 Å². The van der Waals surface area contributed by atoms with E-state index in [0.717, 1.165) is 75.8 Å². The minimum absolute atomic E-state index is 0.0257. The molecular weight excluding hydrogens is 577 g/mol. The maximum absolute atomic E-state index is 14.1. The molecule has 2 unspecified atom stereocenters. The molecule has 1 saturated carbocycles. The number of hydrogen-bond acceptors (Lipinski definition) is 4. The molecule has 7 heteroatoms. The number of amides is 1. The summed E-state index contributed by atoms with van der Waals surface area (Å²) < 4.78 is 0. The zero-order valence-electron chi connectivity index (χ0n) is 24.7. The monoisotopic (exact) mass is 617 g/mol. The van der Waals surface area contributed by atoms with Crippen LogP contribution in [0.15, 0.2) is 78.9 Å². The fraction of sp³-hybridized carbons (Fsp3) is 0.444. The predicted octanol–water partition coefficient (Wildman–Crippen LogP) is 7.68. The van der Waals surface area contributed by atoms with Crippen molar-refractivity contribution < 1.29 is 9.59 Å². The second kappa shape index (κ2) is 13.5. The number of nitrogens with zero attached hydrogens (tertiary/aromatic N) is 2. The summed E-state index contributed by atoms with van der Waals surface area (Å²) in [6.07, 6.45) is 7.66. The van der Waals surface area contributed by atoms with Crippen molar-refractivity contribution in [2.75, 3.05) is 26.2 Å². The topological polar surface area (TPSA) is 52.7 Å². The second-order valence-electron chi connectivity index (χ2n) is 12.5.